The Morgan fingerprint density at radius 2 is 0.492 bits per heavy atom. The van der Waals surface area contributed by atoms with Crippen molar-refractivity contribution in [3.8, 4) is 115 Å². The summed E-state index contributed by atoms with van der Waals surface area (Å²) in [6.07, 6.45) is -21.8. The average molecular weight is 1790 g/mol. The number of hydrogen-bond acceptors (Lipinski definition) is 35. The van der Waals surface area contributed by atoms with E-state index in [1.165, 1.54) is 12.1 Å². The highest BCUT2D eigenvalue weighted by Gasteiger charge is 2.53. The molecule has 0 saturated heterocycles. The lowest BCUT2D eigenvalue weighted by atomic mass is 9.85. The molecule has 0 unspecified atom stereocenters. The van der Waals surface area contributed by atoms with Crippen LogP contribution in [0.1, 0.15) is 126 Å². The molecule has 672 valence electrons. The molecule has 4 aliphatic heterocycles. The van der Waals surface area contributed by atoms with E-state index >= 15 is 14.4 Å². The van der Waals surface area contributed by atoms with Gasteiger partial charge in [0.05, 0.1) is 0 Å². The van der Waals surface area contributed by atoms with Gasteiger partial charge in [-0.3, -0.25) is 19.2 Å². The van der Waals surface area contributed by atoms with E-state index in [1.54, 1.807) is 0 Å². The van der Waals surface area contributed by atoms with Crippen LogP contribution in [0.25, 0.3) is 6.08 Å². The number of carbonyl (C=O) groups is 10. The van der Waals surface area contributed by atoms with Crippen LogP contribution in [0.4, 0.5) is 0 Å². The van der Waals surface area contributed by atoms with Crippen LogP contribution < -0.4 is 18.9 Å². The van der Waals surface area contributed by atoms with Gasteiger partial charge in [-0.05, 0) is 159 Å². The van der Waals surface area contributed by atoms with Crippen molar-refractivity contribution in [3.05, 3.63) is 242 Å². The van der Waals surface area contributed by atoms with Gasteiger partial charge in [-0.25, -0.2) is 28.8 Å². The smallest absolute Gasteiger partial charge is 0.345 e. The first-order chi connectivity index (χ1) is 61.7. The standard InChI is InChI=1S/C90H72O40/c91-44-12-1-34(23-54(44)101)3-22-65(107)122-61(83(110)111)30-36-4-18-50(97)78-66(36)71(75(128-78)41-9-15-47(94)57(104)27-41)88(119)124-63(85(114)115)32-38-6-20-52(99)80-68(38)73(77(130-80)43-11-17-49(96)59(106)29-43)90(121)126-64(86(116)117)33-39-7-21-53(100)81-69(39)72(76(129-81)42-10-16-48(95)58(105)28-42)89(120)125-62(84(112)113)31-37-5-19-51(98)79-67(37)70(74(127-79)40-8-14-46(93)56(103)26-40)87(118)123-60(82(108)109)25-35-2-13-45(92)55(102)24-35/h1-24,26-29,60-64,70-77,91-106H,25,30-33H2,(H,108,109)(H,110,111)(H,112,113)(H,114,115)(H,116,117)/b22-3+/t60-,61-,62-,63-,64-,70+,71+,72+,73+,74-,75-,76-,77-/m1/s1. The van der Waals surface area contributed by atoms with E-state index in [0.717, 1.165) is 158 Å². The number of phenolic OH excluding ortho intramolecular Hbond substituents is 16. The van der Waals surface area contributed by atoms with Crippen LogP contribution in [0, 0.1) is 0 Å². The highest BCUT2D eigenvalue weighted by atomic mass is 16.6. The molecule has 4 aliphatic rings. The topological polar surface area (TPSA) is 679 Å². The maximum Gasteiger partial charge on any atom is 0.345 e. The molecular weight excluding hydrogens is 1720 g/mol. The second-order valence-corrected chi connectivity index (χ2v) is 30.2. The Morgan fingerprint density at radius 3 is 0.746 bits per heavy atom. The lowest BCUT2D eigenvalue weighted by Gasteiger charge is -2.25. The van der Waals surface area contributed by atoms with Crippen molar-refractivity contribution in [1.29, 1.82) is 0 Å². The monoisotopic (exact) mass is 1790 g/mol. The summed E-state index contributed by atoms with van der Waals surface area (Å²) in [5.41, 5.74) is -3.82. The number of ether oxygens (including phenoxy) is 9. The molecule has 130 heavy (non-hydrogen) atoms. The predicted octanol–water partition coefficient (Wildman–Crippen LogP) is 8.05. The minimum atomic E-state index is -2.53. The fourth-order valence-corrected chi connectivity index (χ4v) is 15.8. The van der Waals surface area contributed by atoms with Gasteiger partial charge in [0.25, 0.3) is 0 Å². The maximum atomic E-state index is 15.6. The van der Waals surface area contributed by atoms with Crippen molar-refractivity contribution in [3.63, 3.8) is 0 Å². The van der Waals surface area contributed by atoms with Crippen LogP contribution in [0.3, 0.4) is 0 Å². The van der Waals surface area contributed by atoms with Gasteiger partial charge < -0.3 is 150 Å². The number of carbonyl (C=O) groups excluding carboxylic acids is 5. The molecule has 0 fully saturated rings. The molecule has 0 aromatic heterocycles. The molecule has 0 spiro atoms. The molecular formula is C90H72O40. The van der Waals surface area contributed by atoms with Gasteiger partial charge in [-0.15, -0.1) is 0 Å². The fraction of sp³-hybridized carbons (Fsp3) is 0.200. The minimum absolute atomic E-state index is 0.0166. The van der Waals surface area contributed by atoms with Crippen molar-refractivity contribution in [1.82, 2.24) is 0 Å². The highest BCUT2D eigenvalue weighted by molar-refractivity contribution is 5.92. The summed E-state index contributed by atoms with van der Waals surface area (Å²) in [6.45, 7) is 0. The van der Waals surface area contributed by atoms with Crippen molar-refractivity contribution in [2.45, 2.75) is 111 Å². The van der Waals surface area contributed by atoms with Crippen molar-refractivity contribution >= 4 is 65.8 Å². The summed E-state index contributed by atoms with van der Waals surface area (Å²) >= 11 is 0. The Hall–Kier alpha value is -17.4. The third-order valence-electron chi connectivity index (χ3n) is 22.0. The zero-order valence-electron chi connectivity index (χ0n) is 66.4. The minimum Gasteiger partial charge on any atom is -0.504 e. The maximum absolute atomic E-state index is 15.6. The van der Waals surface area contributed by atoms with E-state index < -0.39 is 313 Å². The number of aromatic hydroxyl groups is 16. The van der Waals surface area contributed by atoms with E-state index in [9.17, 15) is 141 Å². The van der Waals surface area contributed by atoms with Gasteiger partial charge in [-0.1, -0.05) is 60.7 Å². The summed E-state index contributed by atoms with van der Waals surface area (Å²) in [6, 6.07) is 26.5. The molecule has 0 saturated carbocycles. The molecule has 40 nitrogen and oxygen atoms in total. The Morgan fingerprint density at radius 1 is 0.262 bits per heavy atom. The predicted molar refractivity (Wildman–Crippen MR) is 431 cm³/mol. The molecule has 4 heterocycles. The number of carboxylic acid groups (broad SMARTS) is 5. The number of aliphatic carboxylic acids is 5. The highest BCUT2D eigenvalue weighted by Crippen LogP contribution is 2.59. The van der Waals surface area contributed by atoms with Gasteiger partial charge >= 0.3 is 59.7 Å². The molecule has 0 radical (unpaired) electrons. The first-order valence-electron chi connectivity index (χ1n) is 38.7. The van der Waals surface area contributed by atoms with Gasteiger partial charge in [0.2, 0.25) is 30.5 Å². The van der Waals surface area contributed by atoms with Gasteiger partial charge in [-0.2, -0.15) is 0 Å². The number of benzene rings is 10. The number of fused-ring (bicyclic) bond motifs is 4. The Kier molecular flexibility index (Phi) is 24.4. The SMILES string of the molecule is O=C(/C=C/c1ccc(O)c(O)c1)O[C@H](Cc1ccc(O)c2c1[C@H](C(=O)O[C@H](Cc1ccc(O)c3c1[C@H](C(=O)O[C@H](Cc1ccc(O)c4c1[C@H](C(=O)O[C@H](Cc1ccc(O)c5c1[C@H](C(=O)O[C@H](Cc1ccc(O)c(O)c1)C(=O)O)[C@@H](c1ccc(O)c(O)c1)O5)C(=O)O)[C@@H](c1ccc(O)c(O)c1)O4)C(=O)O)[C@@H](c1ccc(O)c(O)c1)O3)C(=O)O)[C@@H](c1ccc(O)c(O)c1)O2)C(=O)O. The molecule has 0 bridgehead atoms. The third-order valence-corrected chi connectivity index (χ3v) is 22.0. The van der Waals surface area contributed by atoms with E-state index in [-0.39, 0.29) is 50.1 Å². The second-order valence-electron chi connectivity index (χ2n) is 30.2. The van der Waals surface area contributed by atoms with Gasteiger partial charge in [0, 0.05) is 60.4 Å². The number of hydrogen-bond donors (Lipinski definition) is 21. The third kappa shape index (κ3) is 17.8. The number of esters is 5. The van der Waals surface area contributed by atoms with Crippen LogP contribution in [-0.2, 0) is 104 Å². The number of carboxylic acids is 5. The summed E-state index contributed by atoms with van der Waals surface area (Å²) in [4.78, 5) is 142. The zero-order chi connectivity index (χ0) is 93.6. The average Bonchev–Trinajstić information content (AvgIpc) is 1.60. The van der Waals surface area contributed by atoms with Crippen LogP contribution in [0.15, 0.2) is 164 Å². The summed E-state index contributed by atoms with van der Waals surface area (Å²) in [7, 11) is 0. The Balaban J connectivity index is 0.786. The van der Waals surface area contributed by atoms with E-state index in [4.69, 9.17) is 42.6 Å². The quantitative estimate of drug-likeness (QED) is 0.00875. The van der Waals surface area contributed by atoms with Crippen LogP contribution >= 0.6 is 0 Å². The number of phenols is 16. The lowest BCUT2D eigenvalue weighted by molar-refractivity contribution is -0.166. The largest absolute Gasteiger partial charge is 0.504 e. The van der Waals surface area contributed by atoms with Crippen LogP contribution in [-0.4, -0.2) is 197 Å². The molecule has 0 aliphatic carbocycles. The molecule has 0 amide bonds. The second kappa shape index (κ2) is 35.7. The molecule has 10 aromatic carbocycles. The first kappa shape index (κ1) is 88.9. The fourth-order valence-electron chi connectivity index (χ4n) is 15.8. The molecule has 40 heteroatoms. The molecule has 10 aromatic rings. The summed E-state index contributed by atoms with van der Waals surface area (Å²) in [5, 5.41) is 225. The van der Waals surface area contributed by atoms with Gasteiger partial charge in [0.1, 0.15) is 48.1 Å². The summed E-state index contributed by atoms with van der Waals surface area (Å²) < 4.78 is 53.2. The van der Waals surface area contributed by atoms with Crippen LogP contribution in [0.2, 0.25) is 0 Å². The zero-order valence-corrected chi connectivity index (χ0v) is 66.4. The molecule has 14 rings (SSSR count). The van der Waals surface area contributed by atoms with Gasteiger partial charge in [0.15, 0.2) is 115 Å². The van der Waals surface area contributed by atoms with Crippen LogP contribution in [0.5, 0.6) is 115 Å². The number of rotatable bonds is 30. The first-order valence-corrected chi connectivity index (χ1v) is 38.7. The van der Waals surface area contributed by atoms with E-state index in [2.05, 4.69) is 0 Å². The summed E-state index contributed by atoms with van der Waals surface area (Å²) in [5.74, 6) is -39.3. The Labute approximate surface area is 727 Å². The molecule has 21 N–H and O–H groups in total. The Bertz CT molecular complexity index is 6350. The lowest BCUT2D eigenvalue weighted by Crippen LogP contribution is -2.35. The van der Waals surface area contributed by atoms with E-state index in [0.29, 0.717) is 0 Å². The van der Waals surface area contributed by atoms with Crippen molar-refractivity contribution in [2.75, 3.05) is 0 Å². The van der Waals surface area contributed by atoms with E-state index in [1.807, 2.05) is 0 Å². The normalized spacial score (nSPS) is 18.4. The molecule has 13 atom stereocenters. The van der Waals surface area contributed by atoms with Crippen molar-refractivity contribution < 1.29 is 198 Å². The van der Waals surface area contributed by atoms with Crippen molar-refractivity contribution in [2.24, 2.45) is 0 Å².